The number of halogens is 2. The molecule has 0 aromatic heterocycles. The molecule has 0 spiro atoms. The third-order valence-corrected chi connectivity index (χ3v) is 4.12. The van der Waals surface area contributed by atoms with Gasteiger partial charge in [0.2, 0.25) is 0 Å². The number of hydrogen-bond acceptors (Lipinski definition) is 5. The molecule has 0 aliphatic carbocycles. The molecule has 0 bridgehead atoms. The van der Waals surface area contributed by atoms with E-state index in [4.69, 9.17) is 28.0 Å². The summed E-state index contributed by atoms with van der Waals surface area (Å²) in [5.74, 6) is -1.11. The van der Waals surface area contributed by atoms with Gasteiger partial charge in [-0.15, -0.1) is 10.2 Å². The Balaban J connectivity index is 1.58. The van der Waals surface area contributed by atoms with Crippen molar-refractivity contribution in [2.45, 2.75) is 0 Å². The molecule has 0 unspecified atom stereocenters. The normalized spacial score (nSPS) is 10.6. The molecule has 3 aromatic rings. The standard InChI is InChI=1S/C20H13Cl2N3O3/c21-14-5-3-4-13(12-14)19(26)24-23-15-8-10-16(11-9-15)25-28-20(27)17-6-1-2-7-18(17)22/h1-12,25H. The summed E-state index contributed by atoms with van der Waals surface area (Å²) < 4.78 is 0. The van der Waals surface area contributed by atoms with Gasteiger partial charge >= 0.3 is 5.97 Å². The Kier molecular flexibility index (Phi) is 6.37. The molecule has 0 aliphatic rings. The number of carbonyl (C=O) groups is 2. The minimum Gasteiger partial charge on any atom is -0.338 e. The summed E-state index contributed by atoms with van der Waals surface area (Å²) >= 11 is 11.8. The zero-order valence-electron chi connectivity index (χ0n) is 14.3. The van der Waals surface area contributed by atoms with E-state index < -0.39 is 11.9 Å². The lowest BCUT2D eigenvalue weighted by molar-refractivity contribution is 0.0596. The van der Waals surface area contributed by atoms with Crippen LogP contribution in [0.4, 0.5) is 11.4 Å². The largest absolute Gasteiger partial charge is 0.364 e. The molecule has 6 nitrogen and oxygen atoms in total. The first-order valence-corrected chi connectivity index (χ1v) is 8.82. The van der Waals surface area contributed by atoms with E-state index in [1.165, 1.54) is 6.07 Å². The summed E-state index contributed by atoms with van der Waals surface area (Å²) in [4.78, 5) is 29.0. The fraction of sp³-hybridized carbons (Fsp3) is 0. The van der Waals surface area contributed by atoms with E-state index in [-0.39, 0.29) is 5.56 Å². The summed E-state index contributed by atoms with van der Waals surface area (Å²) in [5, 5.41) is 8.30. The quantitative estimate of drug-likeness (QED) is 0.404. The Morgan fingerprint density at radius 1 is 0.893 bits per heavy atom. The van der Waals surface area contributed by atoms with Crippen molar-refractivity contribution in [3.8, 4) is 0 Å². The summed E-state index contributed by atoms with van der Waals surface area (Å²) in [6, 6.07) is 19.5. The zero-order valence-corrected chi connectivity index (χ0v) is 15.8. The lowest BCUT2D eigenvalue weighted by atomic mass is 10.2. The zero-order chi connectivity index (χ0) is 19.9. The number of azo groups is 1. The van der Waals surface area contributed by atoms with E-state index in [2.05, 4.69) is 15.7 Å². The molecule has 28 heavy (non-hydrogen) atoms. The van der Waals surface area contributed by atoms with Crippen LogP contribution in [0.3, 0.4) is 0 Å². The highest BCUT2D eigenvalue weighted by Gasteiger charge is 2.11. The monoisotopic (exact) mass is 413 g/mol. The topological polar surface area (TPSA) is 80.1 Å². The van der Waals surface area contributed by atoms with Gasteiger partial charge in [-0.1, -0.05) is 41.4 Å². The molecule has 0 radical (unpaired) electrons. The van der Waals surface area contributed by atoms with Gasteiger partial charge < -0.3 is 4.84 Å². The van der Waals surface area contributed by atoms with Gasteiger partial charge in [0.1, 0.15) is 0 Å². The molecule has 1 amide bonds. The Hall–Kier alpha value is -3.22. The van der Waals surface area contributed by atoms with Crippen molar-refractivity contribution in [1.82, 2.24) is 0 Å². The van der Waals surface area contributed by atoms with Crippen molar-refractivity contribution in [1.29, 1.82) is 0 Å². The first-order valence-electron chi connectivity index (χ1n) is 8.06. The van der Waals surface area contributed by atoms with Crippen LogP contribution in [0.5, 0.6) is 0 Å². The van der Waals surface area contributed by atoms with Crippen molar-refractivity contribution in [3.63, 3.8) is 0 Å². The summed E-state index contributed by atoms with van der Waals surface area (Å²) in [7, 11) is 0. The lowest BCUT2D eigenvalue weighted by Gasteiger charge is -2.07. The molecule has 3 rings (SSSR count). The predicted molar refractivity (Wildman–Crippen MR) is 107 cm³/mol. The number of nitrogens with one attached hydrogen (secondary N) is 1. The van der Waals surface area contributed by atoms with Gasteiger partial charge in [-0.05, 0) is 54.6 Å². The van der Waals surface area contributed by atoms with Crippen LogP contribution in [0.2, 0.25) is 10.0 Å². The fourth-order valence-corrected chi connectivity index (χ4v) is 2.57. The number of rotatable bonds is 5. The molecular weight excluding hydrogens is 401 g/mol. The van der Waals surface area contributed by atoms with Crippen LogP contribution < -0.4 is 5.48 Å². The SMILES string of the molecule is O=C(N=Nc1ccc(NOC(=O)c2ccccc2Cl)cc1)c1cccc(Cl)c1. The molecule has 3 aromatic carbocycles. The van der Waals surface area contributed by atoms with Crippen LogP contribution in [0.15, 0.2) is 83.0 Å². The van der Waals surface area contributed by atoms with Crippen LogP contribution in [-0.2, 0) is 4.84 Å². The van der Waals surface area contributed by atoms with Crippen molar-refractivity contribution < 1.29 is 14.4 Å². The molecule has 0 fully saturated rings. The van der Waals surface area contributed by atoms with E-state index in [9.17, 15) is 9.59 Å². The van der Waals surface area contributed by atoms with E-state index in [0.29, 0.717) is 27.0 Å². The number of carbonyl (C=O) groups excluding carboxylic acids is 2. The number of hydrogen-bond donors (Lipinski definition) is 1. The molecule has 140 valence electrons. The molecule has 0 aliphatic heterocycles. The fourth-order valence-electron chi connectivity index (χ4n) is 2.17. The number of anilines is 1. The maximum Gasteiger partial charge on any atom is 0.364 e. The average molecular weight is 414 g/mol. The van der Waals surface area contributed by atoms with Crippen molar-refractivity contribution in [2.24, 2.45) is 10.2 Å². The van der Waals surface area contributed by atoms with Crippen LogP contribution in [0.1, 0.15) is 20.7 Å². The molecular formula is C20H13Cl2N3O3. The minimum atomic E-state index is -0.610. The smallest absolute Gasteiger partial charge is 0.338 e. The molecule has 0 atom stereocenters. The van der Waals surface area contributed by atoms with Crippen LogP contribution in [0, 0.1) is 0 Å². The second-order valence-corrected chi connectivity index (χ2v) is 6.38. The van der Waals surface area contributed by atoms with Crippen LogP contribution >= 0.6 is 23.2 Å². The highest BCUT2D eigenvalue weighted by molar-refractivity contribution is 6.33. The Morgan fingerprint density at radius 3 is 2.36 bits per heavy atom. The second kappa shape index (κ2) is 9.12. The maximum atomic E-state index is 12.0. The van der Waals surface area contributed by atoms with E-state index in [1.54, 1.807) is 66.7 Å². The summed E-state index contributed by atoms with van der Waals surface area (Å²) in [5.41, 5.74) is 4.10. The maximum absolute atomic E-state index is 12.0. The van der Waals surface area contributed by atoms with Crippen LogP contribution in [0.25, 0.3) is 0 Å². The highest BCUT2D eigenvalue weighted by Crippen LogP contribution is 2.19. The van der Waals surface area contributed by atoms with Gasteiger partial charge in [0.05, 0.1) is 22.0 Å². The van der Waals surface area contributed by atoms with Crippen molar-refractivity contribution >= 4 is 46.5 Å². The Labute approximate surface area is 170 Å². The molecule has 0 saturated heterocycles. The highest BCUT2D eigenvalue weighted by atomic mass is 35.5. The molecule has 0 heterocycles. The van der Waals surface area contributed by atoms with E-state index in [0.717, 1.165) is 0 Å². The number of benzene rings is 3. The predicted octanol–water partition coefficient (Wildman–Crippen LogP) is 6.10. The van der Waals surface area contributed by atoms with Crippen molar-refractivity contribution in [2.75, 3.05) is 5.48 Å². The summed E-state index contributed by atoms with van der Waals surface area (Å²) in [6.07, 6.45) is 0. The molecule has 0 saturated carbocycles. The van der Waals surface area contributed by atoms with Gasteiger partial charge in [-0.25, -0.2) is 10.3 Å². The van der Waals surface area contributed by atoms with Gasteiger partial charge in [-0.3, -0.25) is 4.79 Å². The third kappa shape index (κ3) is 5.16. The average Bonchev–Trinajstić information content (AvgIpc) is 2.71. The summed E-state index contributed by atoms with van der Waals surface area (Å²) in [6.45, 7) is 0. The van der Waals surface area contributed by atoms with Gasteiger partial charge in [-0.2, -0.15) is 0 Å². The Bertz CT molecular complexity index is 1040. The van der Waals surface area contributed by atoms with Crippen molar-refractivity contribution in [3.05, 3.63) is 94.0 Å². The first kappa shape index (κ1) is 19.5. The van der Waals surface area contributed by atoms with Gasteiger partial charge in [0.15, 0.2) is 0 Å². The lowest BCUT2D eigenvalue weighted by Crippen LogP contribution is -2.11. The van der Waals surface area contributed by atoms with Gasteiger partial charge in [0.25, 0.3) is 5.91 Å². The molecule has 1 N–H and O–H groups in total. The van der Waals surface area contributed by atoms with E-state index >= 15 is 0 Å². The van der Waals surface area contributed by atoms with Gasteiger partial charge in [0, 0.05) is 10.6 Å². The number of amides is 1. The second-order valence-electron chi connectivity index (χ2n) is 5.53. The van der Waals surface area contributed by atoms with Crippen LogP contribution in [-0.4, -0.2) is 11.9 Å². The minimum absolute atomic E-state index is 0.251. The Morgan fingerprint density at radius 2 is 1.64 bits per heavy atom. The first-order chi connectivity index (χ1) is 13.5. The molecule has 8 heteroatoms. The van der Waals surface area contributed by atoms with E-state index in [1.807, 2.05) is 0 Å². The number of nitrogens with zero attached hydrogens (tertiary/aromatic N) is 2. The third-order valence-electron chi connectivity index (χ3n) is 3.55.